The molecule has 0 saturated carbocycles. The molecular formula is C16H16BrClN2O4S. The van der Waals surface area contributed by atoms with Crippen molar-refractivity contribution in [1.82, 2.24) is 0 Å². The van der Waals surface area contributed by atoms with Crippen LogP contribution in [0.2, 0.25) is 5.02 Å². The largest absolute Gasteiger partial charge is 0.497 e. The lowest BCUT2D eigenvalue weighted by atomic mass is 10.3. The molecule has 0 heterocycles. The lowest BCUT2D eigenvalue weighted by Crippen LogP contribution is -2.37. The summed E-state index contributed by atoms with van der Waals surface area (Å²) in [5, 5.41) is 3.07. The first-order valence-corrected chi connectivity index (χ1v) is 10.1. The highest BCUT2D eigenvalue weighted by atomic mass is 79.9. The summed E-state index contributed by atoms with van der Waals surface area (Å²) in [7, 11) is -2.13. The molecule has 0 aliphatic rings. The molecule has 1 N–H and O–H groups in total. The molecule has 0 aliphatic carbocycles. The van der Waals surface area contributed by atoms with Crippen LogP contribution in [0.1, 0.15) is 0 Å². The zero-order valence-corrected chi connectivity index (χ0v) is 16.7. The van der Waals surface area contributed by atoms with E-state index in [-0.39, 0.29) is 6.54 Å². The monoisotopic (exact) mass is 446 g/mol. The SMILES string of the molecule is COc1ccc(N(CC(=O)Nc2ccc(Br)c(Cl)c2)S(C)(=O)=O)cc1. The molecule has 0 aliphatic heterocycles. The van der Waals surface area contributed by atoms with E-state index in [4.69, 9.17) is 16.3 Å². The lowest BCUT2D eigenvalue weighted by molar-refractivity contribution is -0.114. The molecule has 6 nitrogen and oxygen atoms in total. The van der Waals surface area contributed by atoms with Gasteiger partial charge in [0.25, 0.3) is 0 Å². The maximum atomic E-state index is 12.3. The van der Waals surface area contributed by atoms with Crippen LogP contribution < -0.4 is 14.4 Å². The fraction of sp³-hybridized carbons (Fsp3) is 0.188. The van der Waals surface area contributed by atoms with Gasteiger partial charge in [0.1, 0.15) is 12.3 Å². The molecule has 0 aromatic heterocycles. The van der Waals surface area contributed by atoms with Gasteiger partial charge in [-0.25, -0.2) is 8.42 Å². The first-order chi connectivity index (χ1) is 11.7. The van der Waals surface area contributed by atoms with Gasteiger partial charge in [-0.3, -0.25) is 9.10 Å². The molecule has 0 saturated heterocycles. The minimum Gasteiger partial charge on any atom is -0.497 e. The first kappa shape index (κ1) is 19.6. The van der Waals surface area contributed by atoms with Gasteiger partial charge in [-0.2, -0.15) is 0 Å². The average molecular weight is 448 g/mol. The Morgan fingerprint density at radius 1 is 1.24 bits per heavy atom. The number of carbonyl (C=O) groups excluding carboxylic acids is 1. The Morgan fingerprint density at radius 3 is 2.40 bits per heavy atom. The molecule has 0 atom stereocenters. The second-order valence-corrected chi connectivity index (χ2v) is 8.31. The smallest absolute Gasteiger partial charge is 0.245 e. The third-order valence-corrected chi connectivity index (χ3v) is 5.62. The van der Waals surface area contributed by atoms with Crippen LogP contribution in [0.4, 0.5) is 11.4 Å². The quantitative estimate of drug-likeness (QED) is 0.735. The number of halogens is 2. The fourth-order valence-electron chi connectivity index (χ4n) is 2.05. The number of hydrogen-bond acceptors (Lipinski definition) is 4. The maximum Gasteiger partial charge on any atom is 0.245 e. The van der Waals surface area contributed by atoms with Crippen LogP contribution in [0.3, 0.4) is 0 Å². The molecular weight excluding hydrogens is 432 g/mol. The third-order valence-electron chi connectivity index (χ3n) is 3.25. The number of methoxy groups -OCH3 is 1. The molecule has 0 spiro atoms. The summed E-state index contributed by atoms with van der Waals surface area (Å²) in [4.78, 5) is 12.3. The summed E-state index contributed by atoms with van der Waals surface area (Å²) in [5.74, 6) is 0.103. The zero-order chi connectivity index (χ0) is 18.6. The molecule has 2 aromatic rings. The van der Waals surface area contributed by atoms with Crippen LogP contribution in [0.15, 0.2) is 46.9 Å². The van der Waals surface area contributed by atoms with Crippen molar-refractivity contribution in [3.05, 3.63) is 52.0 Å². The summed E-state index contributed by atoms with van der Waals surface area (Å²) in [6, 6.07) is 11.3. The Balaban J connectivity index is 2.18. The van der Waals surface area contributed by atoms with E-state index in [1.54, 1.807) is 42.5 Å². The Morgan fingerprint density at radius 2 is 1.88 bits per heavy atom. The second-order valence-electron chi connectivity index (χ2n) is 5.14. The van der Waals surface area contributed by atoms with Gasteiger partial charge in [0.15, 0.2) is 0 Å². The van der Waals surface area contributed by atoms with E-state index in [0.717, 1.165) is 10.6 Å². The normalized spacial score (nSPS) is 11.0. The number of carbonyl (C=O) groups is 1. The topological polar surface area (TPSA) is 75.7 Å². The minimum absolute atomic E-state index is 0.362. The Labute approximate surface area is 159 Å². The molecule has 0 unspecified atom stereocenters. The minimum atomic E-state index is -3.64. The summed E-state index contributed by atoms with van der Waals surface area (Å²) in [6.07, 6.45) is 1.04. The average Bonchev–Trinajstić information content (AvgIpc) is 2.55. The molecule has 0 bridgehead atoms. The summed E-state index contributed by atoms with van der Waals surface area (Å²) in [5.41, 5.74) is 0.841. The van der Waals surface area contributed by atoms with Crippen LogP contribution >= 0.6 is 27.5 Å². The van der Waals surface area contributed by atoms with Crippen molar-refractivity contribution < 1.29 is 17.9 Å². The number of hydrogen-bond donors (Lipinski definition) is 1. The molecule has 2 aromatic carbocycles. The molecule has 9 heteroatoms. The van der Waals surface area contributed by atoms with E-state index < -0.39 is 15.9 Å². The van der Waals surface area contributed by atoms with E-state index in [1.165, 1.54) is 7.11 Å². The fourth-order valence-corrected chi connectivity index (χ4v) is 3.34. The van der Waals surface area contributed by atoms with Crippen molar-refractivity contribution in [1.29, 1.82) is 0 Å². The summed E-state index contributed by atoms with van der Waals surface area (Å²) < 4.78 is 30.9. The molecule has 1 amide bonds. The number of anilines is 2. The van der Waals surface area contributed by atoms with Crippen molar-refractivity contribution >= 4 is 54.8 Å². The summed E-state index contributed by atoms with van der Waals surface area (Å²) in [6.45, 7) is -0.362. The zero-order valence-electron chi connectivity index (χ0n) is 13.5. The van der Waals surface area contributed by atoms with E-state index in [1.807, 2.05) is 0 Å². The van der Waals surface area contributed by atoms with Crippen molar-refractivity contribution in [3.63, 3.8) is 0 Å². The number of benzene rings is 2. The Kier molecular flexibility index (Phi) is 6.31. The Hall–Kier alpha value is -1.77. The third kappa shape index (κ3) is 5.35. The van der Waals surface area contributed by atoms with Crippen molar-refractivity contribution in [2.45, 2.75) is 0 Å². The highest BCUT2D eigenvalue weighted by Crippen LogP contribution is 2.26. The van der Waals surface area contributed by atoms with Gasteiger partial charge < -0.3 is 10.1 Å². The molecule has 0 radical (unpaired) electrons. The van der Waals surface area contributed by atoms with E-state index >= 15 is 0 Å². The highest BCUT2D eigenvalue weighted by Gasteiger charge is 2.21. The van der Waals surface area contributed by atoms with Crippen LogP contribution in [0, 0.1) is 0 Å². The predicted molar refractivity (Wildman–Crippen MR) is 103 cm³/mol. The molecule has 25 heavy (non-hydrogen) atoms. The van der Waals surface area contributed by atoms with Gasteiger partial charge in [-0.05, 0) is 58.4 Å². The highest BCUT2D eigenvalue weighted by molar-refractivity contribution is 9.10. The summed E-state index contributed by atoms with van der Waals surface area (Å²) >= 11 is 9.25. The lowest BCUT2D eigenvalue weighted by Gasteiger charge is -2.22. The van der Waals surface area contributed by atoms with Crippen LogP contribution in [-0.2, 0) is 14.8 Å². The number of rotatable bonds is 6. The van der Waals surface area contributed by atoms with Crippen molar-refractivity contribution in [3.8, 4) is 5.75 Å². The van der Waals surface area contributed by atoms with Crippen molar-refractivity contribution in [2.75, 3.05) is 29.5 Å². The van der Waals surface area contributed by atoms with E-state index in [9.17, 15) is 13.2 Å². The molecule has 0 fully saturated rings. The van der Waals surface area contributed by atoms with Crippen LogP contribution in [0.5, 0.6) is 5.75 Å². The number of sulfonamides is 1. The molecule has 134 valence electrons. The van der Waals surface area contributed by atoms with Gasteiger partial charge in [0, 0.05) is 10.2 Å². The number of amides is 1. The Bertz CT molecular complexity index is 872. The van der Waals surface area contributed by atoms with Gasteiger partial charge in [0.2, 0.25) is 15.9 Å². The maximum absolute atomic E-state index is 12.3. The van der Waals surface area contributed by atoms with Gasteiger partial charge in [-0.1, -0.05) is 11.6 Å². The van der Waals surface area contributed by atoms with E-state index in [0.29, 0.717) is 26.6 Å². The van der Waals surface area contributed by atoms with Gasteiger partial charge >= 0.3 is 0 Å². The number of nitrogens with one attached hydrogen (secondary N) is 1. The first-order valence-electron chi connectivity index (χ1n) is 7.07. The van der Waals surface area contributed by atoms with Crippen LogP contribution in [-0.4, -0.2) is 34.2 Å². The predicted octanol–water partition coefficient (Wildman–Crippen LogP) is 3.52. The standard InChI is InChI=1S/C16H16BrClN2O4S/c1-24-13-6-4-12(5-7-13)20(25(2,22)23)10-16(21)19-11-3-8-14(17)15(18)9-11/h3-9H,10H2,1-2H3,(H,19,21). The van der Waals surface area contributed by atoms with Gasteiger partial charge in [0.05, 0.1) is 24.1 Å². The van der Waals surface area contributed by atoms with Gasteiger partial charge in [-0.15, -0.1) is 0 Å². The van der Waals surface area contributed by atoms with Crippen LogP contribution in [0.25, 0.3) is 0 Å². The van der Waals surface area contributed by atoms with E-state index in [2.05, 4.69) is 21.2 Å². The number of nitrogens with zero attached hydrogens (tertiary/aromatic N) is 1. The molecule has 2 rings (SSSR count). The number of ether oxygens (including phenoxy) is 1. The van der Waals surface area contributed by atoms with Crippen molar-refractivity contribution in [2.24, 2.45) is 0 Å². The second kappa shape index (κ2) is 8.07.